The van der Waals surface area contributed by atoms with E-state index < -0.39 is 11.7 Å². The summed E-state index contributed by atoms with van der Waals surface area (Å²) >= 11 is 0. The molecular weight excluding hydrogens is 329 g/mol. The lowest BCUT2D eigenvalue weighted by Gasteiger charge is -2.23. The van der Waals surface area contributed by atoms with Crippen LogP contribution in [0.2, 0.25) is 0 Å². The number of hydrogen-bond acceptors (Lipinski definition) is 4. The van der Waals surface area contributed by atoms with E-state index in [-0.39, 0.29) is 0 Å². The number of aryl methyl sites for hydroxylation is 1. The van der Waals surface area contributed by atoms with Crippen LogP contribution in [0.15, 0.2) is 30.3 Å². The van der Waals surface area contributed by atoms with Crippen molar-refractivity contribution in [2.75, 3.05) is 10.6 Å². The Labute approximate surface area is 144 Å². The lowest BCUT2D eigenvalue weighted by Crippen LogP contribution is -2.23. The van der Waals surface area contributed by atoms with Gasteiger partial charge in [-0.2, -0.15) is 13.2 Å². The van der Waals surface area contributed by atoms with Crippen molar-refractivity contribution in [1.29, 1.82) is 0 Å². The van der Waals surface area contributed by atoms with E-state index in [1.807, 2.05) is 0 Å². The average molecular weight is 350 g/mol. The molecule has 0 saturated heterocycles. The maximum Gasteiger partial charge on any atom is 0.416 e. The maximum atomic E-state index is 12.8. The van der Waals surface area contributed by atoms with Crippen LogP contribution >= 0.6 is 0 Å². The Morgan fingerprint density at radius 2 is 1.72 bits per heavy atom. The highest BCUT2D eigenvalue weighted by atomic mass is 19.4. The molecule has 1 aromatic carbocycles. The summed E-state index contributed by atoms with van der Waals surface area (Å²) in [5, 5.41) is 6.36. The van der Waals surface area contributed by atoms with Crippen molar-refractivity contribution in [3.05, 3.63) is 41.7 Å². The fourth-order valence-electron chi connectivity index (χ4n) is 3.08. The molecule has 0 aliphatic heterocycles. The predicted octanol–water partition coefficient (Wildman–Crippen LogP) is 5.29. The second-order valence-corrected chi connectivity index (χ2v) is 6.37. The molecule has 1 heterocycles. The van der Waals surface area contributed by atoms with Crippen LogP contribution in [-0.2, 0) is 6.18 Å². The first kappa shape index (κ1) is 17.5. The first-order chi connectivity index (χ1) is 11.9. The molecule has 1 aliphatic carbocycles. The SMILES string of the molecule is Cc1nc(Nc2cccc(C(F)(F)F)c2)cc(NC2CCCCC2)n1. The highest BCUT2D eigenvalue weighted by molar-refractivity contribution is 5.60. The lowest BCUT2D eigenvalue weighted by atomic mass is 9.95. The summed E-state index contributed by atoms with van der Waals surface area (Å²) in [6.07, 6.45) is 1.53. The molecular formula is C18H21F3N4. The molecule has 0 radical (unpaired) electrons. The van der Waals surface area contributed by atoms with Gasteiger partial charge in [0.15, 0.2) is 0 Å². The lowest BCUT2D eigenvalue weighted by molar-refractivity contribution is -0.137. The molecule has 2 N–H and O–H groups in total. The summed E-state index contributed by atoms with van der Waals surface area (Å²) in [5.74, 6) is 1.74. The molecule has 0 unspecified atom stereocenters. The summed E-state index contributed by atoms with van der Waals surface area (Å²) in [5.41, 5.74) is -0.347. The van der Waals surface area contributed by atoms with Gasteiger partial charge < -0.3 is 10.6 Å². The summed E-state index contributed by atoms with van der Waals surface area (Å²) in [6.45, 7) is 1.77. The molecule has 2 aromatic rings. The van der Waals surface area contributed by atoms with Crippen molar-refractivity contribution in [3.8, 4) is 0 Å². The average Bonchev–Trinajstić information content (AvgIpc) is 2.54. The van der Waals surface area contributed by atoms with E-state index in [4.69, 9.17) is 0 Å². The van der Waals surface area contributed by atoms with Crippen molar-refractivity contribution in [1.82, 2.24) is 9.97 Å². The third-order valence-corrected chi connectivity index (χ3v) is 4.26. The first-order valence-corrected chi connectivity index (χ1v) is 8.47. The molecule has 0 amide bonds. The van der Waals surface area contributed by atoms with Gasteiger partial charge in [-0.25, -0.2) is 9.97 Å². The van der Waals surface area contributed by atoms with Gasteiger partial charge in [-0.05, 0) is 38.0 Å². The zero-order valence-corrected chi connectivity index (χ0v) is 14.0. The molecule has 1 fully saturated rings. The van der Waals surface area contributed by atoms with E-state index in [0.717, 1.165) is 25.0 Å². The van der Waals surface area contributed by atoms with Crippen molar-refractivity contribution in [3.63, 3.8) is 0 Å². The van der Waals surface area contributed by atoms with Gasteiger partial charge in [-0.15, -0.1) is 0 Å². The molecule has 134 valence electrons. The van der Waals surface area contributed by atoms with Crippen LogP contribution in [-0.4, -0.2) is 16.0 Å². The van der Waals surface area contributed by atoms with Gasteiger partial charge in [-0.3, -0.25) is 0 Å². The number of nitrogens with one attached hydrogen (secondary N) is 2. The van der Waals surface area contributed by atoms with Gasteiger partial charge in [0.2, 0.25) is 0 Å². The number of hydrogen-bond donors (Lipinski definition) is 2. The molecule has 0 atom stereocenters. The monoisotopic (exact) mass is 350 g/mol. The number of benzene rings is 1. The molecule has 25 heavy (non-hydrogen) atoms. The first-order valence-electron chi connectivity index (χ1n) is 8.47. The molecule has 4 nitrogen and oxygen atoms in total. The Bertz CT molecular complexity index is 725. The zero-order valence-electron chi connectivity index (χ0n) is 14.0. The van der Waals surface area contributed by atoms with Crippen LogP contribution < -0.4 is 10.6 Å². The van der Waals surface area contributed by atoms with Crippen LogP contribution in [0.1, 0.15) is 43.5 Å². The van der Waals surface area contributed by atoms with E-state index in [9.17, 15) is 13.2 Å². The summed E-state index contributed by atoms with van der Waals surface area (Å²) in [6, 6.07) is 7.21. The number of alkyl halides is 3. The number of nitrogens with zero attached hydrogens (tertiary/aromatic N) is 2. The van der Waals surface area contributed by atoms with Gasteiger partial charge in [0.25, 0.3) is 0 Å². The molecule has 3 rings (SSSR count). The molecule has 7 heteroatoms. The highest BCUT2D eigenvalue weighted by Gasteiger charge is 2.30. The number of rotatable bonds is 4. The largest absolute Gasteiger partial charge is 0.416 e. The molecule has 1 saturated carbocycles. The van der Waals surface area contributed by atoms with Crippen molar-refractivity contribution in [2.24, 2.45) is 0 Å². The number of aromatic nitrogens is 2. The minimum absolute atomic E-state index is 0.344. The number of halogens is 3. The van der Waals surface area contributed by atoms with E-state index in [0.29, 0.717) is 29.2 Å². The van der Waals surface area contributed by atoms with E-state index >= 15 is 0 Å². The van der Waals surface area contributed by atoms with Crippen molar-refractivity contribution in [2.45, 2.75) is 51.2 Å². The van der Waals surface area contributed by atoms with Crippen LogP contribution in [0.5, 0.6) is 0 Å². The number of anilines is 3. The maximum absolute atomic E-state index is 12.8. The van der Waals surface area contributed by atoms with E-state index in [2.05, 4.69) is 20.6 Å². The van der Waals surface area contributed by atoms with Gasteiger partial charge in [0.05, 0.1) is 5.56 Å². The molecule has 0 spiro atoms. The van der Waals surface area contributed by atoms with Gasteiger partial charge in [0.1, 0.15) is 17.5 Å². The molecule has 1 aliphatic rings. The normalized spacial score (nSPS) is 15.8. The van der Waals surface area contributed by atoms with Crippen molar-refractivity contribution >= 4 is 17.3 Å². The van der Waals surface area contributed by atoms with Gasteiger partial charge in [-0.1, -0.05) is 25.3 Å². The highest BCUT2D eigenvalue weighted by Crippen LogP contribution is 2.31. The minimum atomic E-state index is -4.37. The summed E-state index contributed by atoms with van der Waals surface area (Å²) in [7, 11) is 0. The Hall–Kier alpha value is -2.31. The predicted molar refractivity (Wildman–Crippen MR) is 92.0 cm³/mol. The third-order valence-electron chi connectivity index (χ3n) is 4.26. The van der Waals surface area contributed by atoms with Crippen LogP contribution in [0, 0.1) is 6.92 Å². The Morgan fingerprint density at radius 1 is 1.00 bits per heavy atom. The second-order valence-electron chi connectivity index (χ2n) is 6.37. The van der Waals surface area contributed by atoms with E-state index in [1.165, 1.54) is 25.3 Å². The van der Waals surface area contributed by atoms with E-state index in [1.54, 1.807) is 19.1 Å². The van der Waals surface area contributed by atoms with Crippen molar-refractivity contribution < 1.29 is 13.2 Å². The van der Waals surface area contributed by atoms with Crippen LogP contribution in [0.4, 0.5) is 30.5 Å². The second kappa shape index (κ2) is 7.29. The summed E-state index contributed by atoms with van der Waals surface area (Å²) in [4.78, 5) is 8.65. The summed E-state index contributed by atoms with van der Waals surface area (Å²) < 4.78 is 38.5. The zero-order chi connectivity index (χ0) is 17.9. The minimum Gasteiger partial charge on any atom is -0.367 e. The topological polar surface area (TPSA) is 49.8 Å². The fourth-order valence-corrected chi connectivity index (χ4v) is 3.08. The van der Waals surface area contributed by atoms with Crippen LogP contribution in [0.25, 0.3) is 0 Å². The standard InChI is InChI=1S/C18H21F3N4/c1-12-22-16(24-14-7-3-2-4-8-14)11-17(23-12)25-15-9-5-6-13(10-15)18(19,20)21/h5-6,9-11,14H,2-4,7-8H2,1H3,(H2,22,23,24,25). The van der Waals surface area contributed by atoms with Gasteiger partial charge in [0, 0.05) is 17.8 Å². The Kier molecular flexibility index (Phi) is 5.11. The Morgan fingerprint density at radius 3 is 2.44 bits per heavy atom. The quantitative estimate of drug-likeness (QED) is 0.786. The molecule has 1 aromatic heterocycles. The smallest absolute Gasteiger partial charge is 0.367 e. The fraction of sp³-hybridized carbons (Fsp3) is 0.444. The Balaban J connectivity index is 1.76. The van der Waals surface area contributed by atoms with Gasteiger partial charge >= 0.3 is 6.18 Å². The van der Waals surface area contributed by atoms with Crippen LogP contribution in [0.3, 0.4) is 0 Å². The third kappa shape index (κ3) is 4.84. The molecule has 0 bridgehead atoms.